The first kappa shape index (κ1) is 26.8. The van der Waals surface area contributed by atoms with Crippen molar-refractivity contribution in [3.05, 3.63) is 12.4 Å². The predicted octanol–water partition coefficient (Wildman–Crippen LogP) is -1.51. The number of carboxylic acids is 1. The summed E-state index contributed by atoms with van der Waals surface area (Å²) in [6, 6.07) is 0. The Hall–Kier alpha value is -2.79. The fraction of sp³-hybridized carbons (Fsp3) is 0.588. The second-order valence-electron chi connectivity index (χ2n) is 7.50. The molecule has 2 aromatic heterocycles. The molecule has 194 valence electrons. The van der Waals surface area contributed by atoms with Gasteiger partial charge < -0.3 is 45.1 Å². The number of carboxylic acid groups (broad SMARTS) is 1. The molecule has 0 aromatic carbocycles. The lowest BCUT2D eigenvalue weighted by Crippen LogP contribution is -2.45. The number of rotatable bonds is 10. The number of aliphatic hydroxyl groups excluding tert-OH is 2. The number of esters is 1. The average molecular weight is 523 g/mol. The van der Waals surface area contributed by atoms with Crippen LogP contribution in [0.4, 0.5) is 10.2 Å². The van der Waals surface area contributed by atoms with Crippen LogP contribution < -0.4 is 5.73 Å². The molecule has 1 saturated heterocycles. The Morgan fingerprint density at radius 1 is 1.31 bits per heavy atom. The van der Waals surface area contributed by atoms with Crippen molar-refractivity contribution in [3.63, 3.8) is 0 Å². The Morgan fingerprint density at radius 2 is 2.00 bits per heavy atom. The van der Waals surface area contributed by atoms with Crippen LogP contribution in [0.15, 0.2) is 6.33 Å². The molecule has 0 unspecified atom stereocenters. The molecule has 0 aliphatic carbocycles. The second-order valence-corrected chi connectivity index (χ2v) is 9.32. The van der Waals surface area contributed by atoms with Crippen LogP contribution in [-0.2, 0) is 28.4 Å². The van der Waals surface area contributed by atoms with E-state index in [2.05, 4.69) is 19.7 Å². The zero-order chi connectivity index (χ0) is 26.1. The molecule has 3 rings (SSSR count). The Kier molecular flexibility index (Phi) is 7.71. The van der Waals surface area contributed by atoms with Crippen LogP contribution in [0, 0.1) is 6.08 Å². The number of nitrogen functional groups attached to an aromatic ring is 1. The zero-order valence-corrected chi connectivity index (χ0v) is 19.0. The number of carbonyl (C=O) groups excluding carboxylic acids is 1. The van der Waals surface area contributed by atoms with Crippen molar-refractivity contribution in [2.45, 2.75) is 49.6 Å². The van der Waals surface area contributed by atoms with Gasteiger partial charge in [0.15, 0.2) is 23.2 Å². The minimum atomic E-state index is -5.53. The zero-order valence-electron chi connectivity index (χ0n) is 18.1. The minimum absolute atomic E-state index is 0.0120. The van der Waals surface area contributed by atoms with E-state index in [1.807, 2.05) is 0 Å². The first-order chi connectivity index (χ1) is 16.3. The number of anilines is 1. The van der Waals surface area contributed by atoms with Crippen molar-refractivity contribution in [1.29, 1.82) is 0 Å². The molecular weight excluding hydrogens is 500 g/mol. The summed E-state index contributed by atoms with van der Waals surface area (Å²) in [5.74, 6) is -3.59. The van der Waals surface area contributed by atoms with E-state index in [-0.39, 0.29) is 30.0 Å². The van der Waals surface area contributed by atoms with Crippen LogP contribution in [0.25, 0.3) is 11.2 Å². The number of nitrogens with two attached hydrogens (primary N) is 1. The van der Waals surface area contributed by atoms with Crippen molar-refractivity contribution in [3.8, 4) is 0 Å². The largest absolute Gasteiger partial charge is 0.481 e. The van der Waals surface area contributed by atoms with E-state index in [9.17, 15) is 38.5 Å². The van der Waals surface area contributed by atoms with Gasteiger partial charge in [-0.3, -0.25) is 13.9 Å². The fourth-order valence-electron chi connectivity index (χ4n) is 3.58. The number of carbonyl (C=O) groups is 2. The standard InChI is InChI=1S/C17H23FN5O11P/c1-2-32-15(28)17(5-8(24)25,35(29,30)31)33-4-3-7-10(26)11(27)14(34-7)23-6-20-9-12(19)21-16(18)22-13(9)23/h6-7,10-11,14,26-27H,2-5H2,1H3,(H,24,25)(H2,19,21,22)(H2,29,30,31)/t7-,10-,11-,14-,17+/m1/s1. The highest BCUT2D eigenvalue weighted by molar-refractivity contribution is 7.54. The number of nitrogens with zero attached hydrogens (tertiary/aromatic N) is 4. The molecule has 1 aliphatic heterocycles. The molecule has 1 fully saturated rings. The normalized spacial score (nSPS) is 24.4. The van der Waals surface area contributed by atoms with Crippen LogP contribution >= 0.6 is 7.60 Å². The number of aliphatic hydroxyl groups is 2. The summed E-state index contributed by atoms with van der Waals surface area (Å²) in [6.45, 7) is 0.347. The van der Waals surface area contributed by atoms with E-state index in [0.717, 1.165) is 10.9 Å². The molecule has 0 saturated carbocycles. The van der Waals surface area contributed by atoms with Gasteiger partial charge in [0.1, 0.15) is 12.2 Å². The van der Waals surface area contributed by atoms with Gasteiger partial charge in [-0.1, -0.05) is 0 Å². The van der Waals surface area contributed by atoms with Gasteiger partial charge in [-0.05, 0) is 13.3 Å². The van der Waals surface area contributed by atoms with Gasteiger partial charge in [0, 0.05) is 0 Å². The average Bonchev–Trinajstić information content (AvgIpc) is 3.28. The summed E-state index contributed by atoms with van der Waals surface area (Å²) < 4.78 is 42.1. The van der Waals surface area contributed by atoms with Crippen LogP contribution in [-0.4, -0.2) is 93.4 Å². The Labute approximate surface area is 195 Å². The number of hydrogen-bond donors (Lipinski definition) is 6. The molecule has 0 amide bonds. The highest BCUT2D eigenvalue weighted by Gasteiger charge is 2.58. The van der Waals surface area contributed by atoms with Crippen molar-refractivity contribution >= 4 is 36.5 Å². The van der Waals surface area contributed by atoms with E-state index in [0.29, 0.717) is 0 Å². The molecular formula is C17H23FN5O11P. The molecule has 18 heteroatoms. The van der Waals surface area contributed by atoms with Crippen LogP contribution in [0.2, 0.25) is 0 Å². The van der Waals surface area contributed by atoms with Gasteiger partial charge in [-0.2, -0.15) is 14.4 Å². The molecule has 2 aromatic rings. The summed E-state index contributed by atoms with van der Waals surface area (Å²) in [4.78, 5) is 53.8. The van der Waals surface area contributed by atoms with Crippen LogP contribution in [0.5, 0.6) is 0 Å². The van der Waals surface area contributed by atoms with E-state index < -0.39 is 68.5 Å². The van der Waals surface area contributed by atoms with Crippen LogP contribution in [0.3, 0.4) is 0 Å². The van der Waals surface area contributed by atoms with Crippen LogP contribution in [0.1, 0.15) is 26.0 Å². The summed E-state index contributed by atoms with van der Waals surface area (Å²) in [5, 5.41) is 26.8. The number of fused-ring (bicyclic) bond motifs is 1. The summed E-state index contributed by atoms with van der Waals surface area (Å²) in [7, 11) is -5.53. The molecule has 1 aliphatic rings. The molecule has 5 atom stereocenters. The lowest BCUT2D eigenvalue weighted by atomic mass is 10.1. The number of aromatic nitrogens is 4. The predicted molar refractivity (Wildman–Crippen MR) is 110 cm³/mol. The van der Waals surface area contributed by atoms with E-state index in [1.54, 1.807) is 0 Å². The lowest BCUT2D eigenvalue weighted by Gasteiger charge is -2.31. The highest BCUT2D eigenvalue weighted by atomic mass is 31.2. The fourth-order valence-corrected chi connectivity index (χ4v) is 4.48. The third-order valence-corrected chi connectivity index (χ3v) is 6.64. The first-order valence-corrected chi connectivity index (χ1v) is 11.7. The third kappa shape index (κ3) is 5.11. The smallest absolute Gasteiger partial charge is 0.369 e. The minimum Gasteiger partial charge on any atom is -0.481 e. The van der Waals surface area contributed by atoms with Gasteiger partial charge in [-0.15, -0.1) is 0 Å². The van der Waals surface area contributed by atoms with Crippen molar-refractivity contribution in [1.82, 2.24) is 19.5 Å². The van der Waals surface area contributed by atoms with Gasteiger partial charge in [0.2, 0.25) is 0 Å². The van der Waals surface area contributed by atoms with Gasteiger partial charge >= 0.3 is 25.6 Å². The molecule has 0 bridgehead atoms. The molecule has 0 radical (unpaired) electrons. The van der Waals surface area contributed by atoms with E-state index in [1.165, 1.54) is 6.92 Å². The van der Waals surface area contributed by atoms with Crippen molar-refractivity contribution in [2.24, 2.45) is 0 Å². The second kappa shape index (κ2) is 10.1. The molecule has 3 heterocycles. The summed E-state index contributed by atoms with van der Waals surface area (Å²) in [5.41, 5.74) is 5.48. The monoisotopic (exact) mass is 523 g/mol. The number of imidazole rings is 1. The Bertz CT molecular complexity index is 1160. The SMILES string of the molecule is CCOC(=O)[C@@](CC(=O)O)(OCC[C@H]1O[C@@H](n2cnc3c(N)nc(F)nc32)[C@H](O)[C@@H]1O)P(=O)(O)O. The van der Waals surface area contributed by atoms with Gasteiger partial charge in [0.25, 0.3) is 5.34 Å². The number of ether oxygens (including phenoxy) is 3. The maximum absolute atomic E-state index is 13.6. The number of hydrogen-bond acceptors (Lipinski definition) is 12. The summed E-state index contributed by atoms with van der Waals surface area (Å²) >= 11 is 0. The van der Waals surface area contributed by atoms with E-state index in [4.69, 9.17) is 20.3 Å². The quantitative estimate of drug-likeness (QED) is 0.118. The molecule has 35 heavy (non-hydrogen) atoms. The Balaban J connectivity index is 1.79. The molecule has 16 nitrogen and oxygen atoms in total. The number of aliphatic carboxylic acids is 1. The van der Waals surface area contributed by atoms with Gasteiger partial charge in [-0.25, -0.2) is 9.78 Å². The highest BCUT2D eigenvalue weighted by Crippen LogP contribution is 2.54. The van der Waals surface area contributed by atoms with E-state index >= 15 is 0 Å². The first-order valence-electron chi connectivity index (χ1n) is 10.1. The third-order valence-electron chi connectivity index (χ3n) is 5.23. The molecule has 0 spiro atoms. The number of halogens is 1. The molecule has 7 N–H and O–H groups in total. The lowest BCUT2D eigenvalue weighted by molar-refractivity contribution is -0.170. The Morgan fingerprint density at radius 3 is 2.60 bits per heavy atom. The van der Waals surface area contributed by atoms with Crippen molar-refractivity contribution in [2.75, 3.05) is 18.9 Å². The maximum atomic E-state index is 13.6. The topological polar surface area (TPSA) is 250 Å². The van der Waals surface area contributed by atoms with Gasteiger partial charge in [0.05, 0.1) is 32.1 Å². The maximum Gasteiger partial charge on any atom is 0.369 e. The van der Waals surface area contributed by atoms with Crippen molar-refractivity contribution < 1.29 is 57.9 Å². The summed E-state index contributed by atoms with van der Waals surface area (Å²) in [6.07, 6.45) is -7.51.